The molecule has 3 rings (SSSR count). The van der Waals surface area contributed by atoms with Crippen molar-refractivity contribution in [2.45, 2.75) is 13.0 Å². The second kappa shape index (κ2) is 7.38. The van der Waals surface area contributed by atoms with Crippen LogP contribution in [0.2, 0.25) is 15.1 Å². The molecule has 0 unspecified atom stereocenters. The van der Waals surface area contributed by atoms with Crippen molar-refractivity contribution >= 4 is 63.9 Å². The molecule has 0 bridgehead atoms. The first kappa shape index (κ1) is 20.1. The molecule has 0 saturated heterocycles. The fraction of sp³-hybridized carbons (Fsp3) is 0.118. The molecule has 2 aromatic carbocycles. The van der Waals surface area contributed by atoms with Gasteiger partial charge in [-0.25, -0.2) is 0 Å². The fourth-order valence-corrected chi connectivity index (χ4v) is 3.21. The first-order valence-electron chi connectivity index (χ1n) is 7.73. The van der Waals surface area contributed by atoms with Gasteiger partial charge in [-0.3, -0.25) is 29.4 Å². The smallest absolute Gasteiger partial charge is 0.289 e. The predicted octanol–water partition coefficient (Wildman–Crippen LogP) is 4.18. The van der Waals surface area contributed by atoms with Crippen LogP contribution in [-0.4, -0.2) is 33.6 Å². The van der Waals surface area contributed by atoms with Crippen LogP contribution in [0.5, 0.6) is 0 Å². The number of fused-ring (bicyclic) bond motifs is 1. The van der Waals surface area contributed by atoms with Gasteiger partial charge in [0.05, 0.1) is 26.1 Å². The fourth-order valence-electron chi connectivity index (χ4n) is 2.70. The van der Waals surface area contributed by atoms with Crippen LogP contribution in [0.15, 0.2) is 30.3 Å². The van der Waals surface area contributed by atoms with E-state index in [0.717, 1.165) is 11.0 Å². The number of nitrogens with one attached hydrogen (secondary N) is 1. The van der Waals surface area contributed by atoms with E-state index >= 15 is 0 Å². The van der Waals surface area contributed by atoms with Gasteiger partial charge in [0.1, 0.15) is 11.1 Å². The van der Waals surface area contributed by atoms with Gasteiger partial charge in [-0.1, -0.05) is 34.8 Å². The topological polar surface area (TPSA) is 110 Å². The lowest BCUT2D eigenvalue weighted by Gasteiger charge is -2.21. The van der Waals surface area contributed by atoms with Crippen LogP contribution < -0.4 is 5.32 Å². The zero-order valence-electron chi connectivity index (χ0n) is 14.0. The summed E-state index contributed by atoms with van der Waals surface area (Å²) in [5.74, 6) is -2.10. The number of carbonyl (C=O) groups is 3. The molecule has 3 amide bonds. The summed E-state index contributed by atoms with van der Waals surface area (Å²) in [6.45, 7) is 1.35. The number of carbonyl (C=O) groups excluding carboxylic acids is 3. The molecule has 0 aromatic heterocycles. The van der Waals surface area contributed by atoms with E-state index in [9.17, 15) is 24.5 Å². The number of nitro groups is 1. The van der Waals surface area contributed by atoms with Crippen LogP contribution in [0, 0.1) is 10.1 Å². The molecule has 1 heterocycles. The van der Waals surface area contributed by atoms with Crippen LogP contribution >= 0.6 is 34.8 Å². The molecule has 0 aliphatic carbocycles. The Labute approximate surface area is 173 Å². The van der Waals surface area contributed by atoms with Crippen molar-refractivity contribution in [3.8, 4) is 0 Å². The quantitative estimate of drug-likeness (QED) is 0.434. The first-order chi connectivity index (χ1) is 13.1. The van der Waals surface area contributed by atoms with Gasteiger partial charge in [-0.05, 0) is 31.2 Å². The molecule has 1 aliphatic heterocycles. The van der Waals surface area contributed by atoms with E-state index in [-0.39, 0.29) is 31.9 Å². The molecule has 1 N–H and O–H groups in total. The van der Waals surface area contributed by atoms with Crippen molar-refractivity contribution in [1.29, 1.82) is 0 Å². The molecule has 0 fully saturated rings. The van der Waals surface area contributed by atoms with E-state index in [1.54, 1.807) is 0 Å². The first-order valence-corrected chi connectivity index (χ1v) is 8.87. The van der Waals surface area contributed by atoms with Crippen molar-refractivity contribution in [2.24, 2.45) is 0 Å². The van der Waals surface area contributed by atoms with Gasteiger partial charge in [0.15, 0.2) is 0 Å². The molecule has 0 spiro atoms. The van der Waals surface area contributed by atoms with Crippen LogP contribution in [0.3, 0.4) is 0 Å². The van der Waals surface area contributed by atoms with Crippen LogP contribution in [-0.2, 0) is 4.79 Å². The summed E-state index contributed by atoms with van der Waals surface area (Å²) >= 11 is 17.5. The van der Waals surface area contributed by atoms with E-state index < -0.39 is 34.4 Å². The molecule has 8 nitrogen and oxygen atoms in total. The lowest BCUT2D eigenvalue weighted by atomic mass is 10.1. The van der Waals surface area contributed by atoms with Crippen molar-refractivity contribution in [1.82, 2.24) is 4.90 Å². The van der Waals surface area contributed by atoms with Gasteiger partial charge >= 0.3 is 0 Å². The predicted molar refractivity (Wildman–Crippen MR) is 103 cm³/mol. The summed E-state index contributed by atoms with van der Waals surface area (Å²) in [5.41, 5.74) is -0.213. The molecule has 1 aliphatic rings. The lowest BCUT2D eigenvalue weighted by molar-refractivity contribution is -0.384. The maximum absolute atomic E-state index is 12.6. The van der Waals surface area contributed by atoms with Gasteiger partial charge < -0.3 is 5.32 Å². The molecule has 1 atom stereocenters. The maximum atomic E-state index is 12.6. The normalized spacial score (nSPS) is 14.1. The number of hydrogen-bond acceptors (Lipinski definition) is 5. The number of halogens is 3. The minimum absolute atomic E-state index is 0.0428. The van der Waals surface area contributed by atoms with Gasteiger partial charge in [0, 0.05) is 11.8 Å². The van der Waals surface area contributed by atoms with Crippen LogP contribution in [0.25, 0.3) is 0 Å². The molecule has 0 radical (unpaired) electrons. The molecule has 0 saturated carbocycles. The number of benzene rings is 2. The SMILES string of the molecule is C[C@@H](C(=O)Nc1ccc(Cl)c([N+](=O)[O-])c1)N1C(=O)c2cc(Cl)c(Cl)cc2C1=O. The Morgan fingerprint density at radius 3 is 2.07 bits per heavy atom. The highest BCUT2D eigenvalue weighted by molar-refractivity contribution is 6.43. The minimum atomic E-state index is -1.19. The zero-order chi connectivity index (χ0) is 20.7. The summed E-state index contributed by atoms with van der Waals surface area (Å²) in [6.07, 6.45) is 0. The second-order valence-corrected chi connectivity index (χ2v) is 7.10. The summed E-state index contributed by atoms with van der Waals surface area (Å²) in [5, 5.41) is 13.5. The minimum Gasteiger partial charge on any atom is -0.324 e. The summed E-state index contributed by atoms with van der Waals surface area (Å²) in [4.78, 5) is 48.7. The summed E-state index contributed by atoms with van der Waals surface area (Å²) in [7, 11) is 0. The van der Waals surface area contributed by atoms with E-state index in [1.165, 1.54) is 31.2 Å². The number of nitrogens with zero attached hydrogens (tertiary/aromatic N) is 2. The Morgan fingerprint density at radius 2 is 1.57 bits per heavy atom. The number of nitro benzene ring substituents is 1. The maximum Gasteiger partial charge on any atom is 0.289 e. The molecular formula is C17H10Cl3N3O5. The number of amides is 3. The Morgan fingerprint density at radius 1 is 1.04 bits per heavy atom. The zero-order valence-corrected chi connectivity index (χ0v) is 16.3. The molecule has 28 heavy (non-hydrogen) atoms. The van der Waals surface area contributed by atoms with E-state index in [0.29, 0.717) is 0 Å². The summed E-state index contributed by atoms with van der Waals surface area (Å²) < 4.78 is 0. The Bertz CT molecular complexity index is 1020. The number of rotatable bonds is 4. The monoisotopic (exact) mass is 441 g/mol. The van der Waals surface area contributed by atoms with Crippen molar-refractivity contribution in [3.63, 3.8) is 0 Å². The molecular weight excluding hydrogens is 433 g/mol. The van der Waals surface area contributed by atoms with Crippen LogP contribution in [0.1, 0.15) is 27.6 Å². The van der Waals surface area contributed by atoms with Crippen LogP contribution in [0.4, 0.5) is 11.4 Å². The molecule has 11 heteroatoms. The second-order valence-electron chi connectivity index (χ2n) is 5.88. The van der Waals surface area contributed by atoms with Gasteiger partial charge in [-0.2, -0.15) is 0 Å². The average Bonchev–Trinajstić information content (AvgIpc) is 2.86. The van der Waals surface area contributed by atoms with Crippen molar-refractivity contribution in [2.75, 3.05) is 5.32 Å². The van der Waals surface area contributed by atoms with Gasteiger partial charge in [0.25, 0.3) is 17.5 Å². The number of hydrogen-bond donors (Lipinski definition) is 1. The van der Waals surface area contributed by atoms with E-state index in [4.69, 9.17) is 34.8 Å². The summed E-state index contributed by atoms with van der Waals surface area (Å²) in [6, 6.07) is 5.04. The third-order valence-electron chi connectivity index (χ3n) is 4.14. The van der Waals surface area contributed by atoms with Crippen molar-refractivity contribution < 1.29 is 19.3 Å². The highest BCUT2D eigenvalue weighted by atomic mass is 35.5. The largest absolute Gasteiger partial charge is 0.324 e. The molecule has 2 aromatic rings. The number of imide groups is 1. The number of anilines is 1. The Kier molecular flexibility index (Phi) is 5.29. The third kappa shape index (κ3) is 3.42. The highest BCUT2D eigenvalue weighted by Crippen LogP contribution is 2.33. The van der Waals surface area contributed by atoms with Crippen molar-refractivity contribution in [3.05, 3.63) is 66.6 Å². The Balaban J connectivity index is 1.85. The molecule has 144 valence electrons. The van der Waals surface area contributed by atoms with Gasteiger partial charge in [0.2, 0.25) is 5.91 Å². The van der Waals surface area contributed by atoms with Gasteiger partial charge in [-0.15, -0.1) is 0 Å². The third-order valence-corrected chi connectivity index (χ3v) is 5.18. The lowest BCUT2D eigenvalue weighted by Crippen LogP contribution is -2.45. The standard InChI is InChI=1S/C17H10Cl3N3O5/c1-7(15(24)21-8-2-3-11(18)14(4-8)23(27)28)22-16(25)9-5-12(19)13(20)6-10(9)17(22)26/h2-7H,1H3,(H,21,24)/t7-/m0/s1. The van der Waals surface area contributed by atoms with E-state index in [2.05, 4.69) is 5.32 Å². The Hall–Kier alpha value is -2.68. The van der Waals surface area contributed by atoms with E-state index in [1.807, 2.05) is 0 Å². The highest BCUT2D eigenvalue weighted by Gasteiger charge is 2.41. The average molecular weight is 443 g/mol.